The molecule has 1 fully saturated rings. The van der Waals surface area contributed by atoms with E-state index in [9.17, 15) is 19.5 Å². The number of halogens is 1. The maximum atomic E-state index is 13.8. The van der Waals surface area contributed by atoms with Crippen LogP contribution in [0.25, 0.3) is 0 Å². The molecule has 0 spiro atoms. The third-order valence-electron chi connectivity index (χ3n) is 6.85. The molecule has 2 atom stereocenters. The Hall–Kier alpha value is -4.77. The Kier molecular flexibility index (Phi) is 9.87. The number of nitrogen functional groups attached to an aromatic ring is 1. The lowest BCUT2D eigenvalue weighted by Gasteiger charge is -2.26. The zero-order valence-corrected chi connectivity index (χ0v) is 23.9. The van der Waals surface area contributed by atoms with E-state index in [1.54, 1.807) is 48.5 Å². The van der Waals surface area contributed by atoms with Crippen molar-refractivity contribution in [1.29, 1.82) is 0 Å². The third kappa shape index (κ3) is 7.29. The summed E-state index contributed by atoms with van der Waals surface area (Å²) in [5, 5.41) is 20.0. The van der Waals surface area contributed by atoms with Gasteiger partial charge in [0.15, 0.2) is 11.6 Å². The molecule has 5 N–H and O–H groups in total. The van der Waals surface area contributed by atoms with Crippen molar-refractivity contribution in [2.45, 2.75) is 25.8 Å². The van der Waals surface area contributed by atoms with Crippen molar-refractivity contribution < 1.29 is 29.1 Å². The topological polar surface area (TPSA) is 156 Å². The van der Waals surface area contributed by atoms with Gasteiger partial charge in [0.05, 0.1) is 31.2 Å². The van der Waals surface area contributed by atoms with E-state index >= 15 is 0 Å². The molecular formula is C30H32ClN5O6. The number of urea groups is 1. The number of hydrogen-bond donors (Lipinski definition) is 4. The largest absolute Gasteiger partial charge is 0.496 e. The fourth-order valence-electron chi connectivity index (χ4n) is 4.63. The summed E-state index contributed by atoms with van der Waals surface area (Å²) < 4.78 is 5.47. The first-order chi connectivity index (χ1) is 20.2. The van der Waals surface area contributed by atoms with Crippen LogP contribution >= 0.6 is 11.6 Å². The van der Waals surface area contributed by atoms with E-state index in [2.05, 4.69) is 15.8 Å². The number of carboxylic acid groups (broad SMARTS) is 1. The first-order valence-electron chi connectivity index (χ1n) is 13.3. The second-order valence-corrected chi connectivity index (χ2v) is 10.1. The molecule has 1 aliphatic heterocycles. The molecule has 0 unspecified atom stereocenters. The van der Waals surface area contributed by atoms with E-state index in [-0.39, 0.29) is 36.6 Å². The number of carbonyl (C=O) groups is 3. The van der Waals surface area contributed by atoms with Crippen LogP contribution in [0.4, 0.5) is 10.5 Å². The van der Waals surface area contributed by atoms with Crippen molar-refractivity contribution >= 4 is 41.0 Å². The van der Waals surface area contributed by atoms with Gasteiger partial charge in [0.1, 0.15) is 5.75 Å². The molecule has 42 heavy (non-hydrogen) atoms. The number of benzene rings is 3. The number of para-hydroxylation sites is 1. The molecule has 220 valence electrons. The van der Waals surface area contributed by atoms with Crippen LogP contribution in [0.5, 0.6) is 11.5 Å². The minimum absolute atomic E-state index is 0.0349. The lowest BCUT2D eigenvalue weighted by atomic mass is 9.97. The number of imide groups is 1. The molecule has 0 aromatic heterocycles. The van der Waals surface area contributed by atoms with Gasteiger partial charge in [-0.1, -0.05) is 47.9 Å². The molecule has 0 radical (unpaired) electrons. The first-order valence-corrected chi connectivity index (χ1v) is 13.7. The number of nitrogens with zero attached hydrogens (tertiary/aromatic N) is 2. The number of carbonyl (C=O) groups excluding carboxylic acids is 2. The number of amides is 3. The minimum Gasteiger partial charge on any atom is -0.496 e. The van der Waals surface area contributed by atoms with Gasteiger partial charge in [-0.05, 0) is 66.4 Å². The molecule has 0 saturated carbocycles. The molecule has 1 saturated heterocycles. The Labute approximate surface area is 248 Å². The molecule has 3 aromatic carbocycles. The molecule has 0 bridgehead atoms. The highest BCUT2D eigenvalue weighted by atomic mass is 35.5. The highest BCUT2D eigenvalue weighted by Crippen LogP contribution is 2.27. The van der Waals surface area contributed by atoms with Gasteiger partial charge in [0.2, 0.25) is 5.91 Å². The second-order valence-electron chi connectivity index (χ2n) is 9.67. The Bertz CT molecular complexity index is 1480. The van der Waals surface area contributed by atoms with Crippen LogP contribution < -0.4 is 25.9 Å². The van der Waals surface area contributed by atoms with E-state index in [1.165, 1.54) is 19.2 Å². The molecule has 3 amide bonds. The van der Waals surface area contributed by atoms with Crippen LogP contribution in [-0.2, 0) is 11.2 Å². The smallest absolute Gasteiger partial charge is 0.337 e. The number of methoxy groups -OCH3 is 1. The Morgan fingerprint density at radius 2 is 1.95 bits per heavy atom. The van der Waals surface area contributed by atoms with Gasteiger partial charge in [0.25, 0.3) is 0 Å². The number of ether oxygens (including phenoxy) is 1. The van der Waals surface area contributed by atoms with E-state index in [0.29, 0.717) is 34.1 Å². The molecule has 3 aromatic rings. The van der Waals surface area contributed by atoms with Crippen molar-refractivity contribution in [3.8, 4) is 11.5 Å². The van der Waals surface area contributed by atoms with E-state index in [4.69, 9.17) is 26.9 Å². The monoisotopic (exact) mass is 593 g/mol. The van der Waals surface area contributed by atoms with Gasteiger partial charge in [-0.2, -0.15) is 0 Å². The quantitative estimate of drug-likeness (QED) is 0.209. The standard InChI is InChI=1S/C30H32ClN5O6/c1-3-25(18-9-11-23(29(38)39)24(32)15-18)34-30(40)36-17-27(35-42-22-7-5-4-6-8-22)33-16-20(28(36)37)13-19-14-21(31)10-12-26(19)41-2/h4-12,14-15,20,25H,3,13,16-17,32H2,1-2H3,(H,33,35)(H,34,40)(H,38,39)/t20-,25-/m1/s1. The van der Waals surface area contributed by atoms with E-state index < -0.39 is 29.9 Å². The Morgan fingerprint density at radius 3 is 2.62 bits per heavy atom. The molecule has 4 rings (SSSR count). The number of rotatable bonds is 9. The predicted molar refractivity (Wildman–Crippen MR) is 159 cm³/mol. The number of hydrogen-bond acceptors (Lipinski definition) is 7. The molecule has 1 aliphatic rings. The number of amidine groups is 1. The maximum Gasteiger partial charge on any atom is 0.337 e. The van der Waals surface area contributed by atoms with Crippen molar-refractivity contribution in [2.24, 2.45) is 11.1 Å². The summed E-state index contributed by atoms with van der Waals surface area (Å²) in [4.78, 5) is 45.5. The summed E-state index contributed by atoms with van der Waals surface area (Å²) in [6.45, 7) is 1.86. The summed E-state index contributed by atoms with van der Waals surface area (Å²) >= 11 is 6.22. The fourth-order valence-corrected chi connectivity index (χ4v) is 4.82. The zero-order valence-electron chi connectivity index (χ0n) is 23.2. The van der Waals surface area contributed by atoms with Crippen LogP contribution in [0, 0.1) is 5.92 Å². The van der Waals surface area contributed by atoms with Crippen molar-refractivity contribution in [1.82, 2.24) is 15.5 Å². The Morgan fingerprint density at radius 1 is 1.19 bits per heavy atom. The average molecular weight is 594 g/mol. The van der Waals surface area contributed by atoms with Gasteiger partial charge < -0.3 is 31.0 Å². The molecule has 11 nitrogen and oxygen atoms in total. The zero-order chi connectivity index (χ0) is 30.2. The van der Waals surface area contributed by atoms with Gasteiger partial charge in [-0.3, -0.25) is 9.69 Å². The van der Waals surface area contributed by atoms with Crippen LogP contribution in [0.2, 0.25) is 5.02 Å². The van der Waals surface area contributed by atoms with Crippen LogP contribution in [0.3, 0.4) is 0 Å². The van der Waals surface area contributed by atoms with E-state index in [1.807, 2.05) is 13.0 Å². The summed E-state index contributed by atoms with van der Waals surface area (Å²) in [5.41, 5.74) is 7.30. The van der Waals surface area contributed by atoms with Crippen molar-refractivity contribution in [3.63, 3.8) is 0 Å². The minimum atomic E-state index is -1.15. The highest BCUT2D eigenvalue weighted by molar-refractivity contribution is 6.30. The average Bonchev–Trinajstić information content (AvgIpc) is 3.13. The van der Waals surface area contributed by atoms with Crippen LogP contribution in [-0.4, -0.2) is 53.9 Å². The number of carboxylic acids is 1. The fraction of sp³-hybridized carbons (Fsp3) is 0.267. The van der Waals surface area contributed by atoms with E-state index in [0.717, 1.165) is 4.90 Å². The van der Waals surface area contributed by atoms with Gasteiger partial charge in [-0.25, -0.2) is 9.59 Å². The predicted octanol–water partition coefficient (Wildman–Crippen LogP) is 4.47. The third-order valence-corrected chi connectivity index (χ3v) is 7.08. The first kappa shape index (κ1) is 30.2. The number of anilines is 1. The number of nitrogens with two attached hydrogens (primary N) is 1. The number of oxime groups is 1. The van der Waals surface area contributed by atoms with Gasteiger partial charge >= 0.3 is 12.0 Å². The summed E-state index contributed by atoms with van der Waals surface area (Å²) in [5.74, 6) is -0.897. The normalized spacial score (nSPS) is 16.7. The number of aromatic carboxylic acids is 1. The summed E-state index contributed by atoms with van der Waals surface area (Å²) in [7, 11) is 1.53. The maximum absolute atomic E-state index is 13.8. The number of nitrogens with one attached hydrogen (secondary N) is 2. The SMILES string of the molecule is CC[C@@H](NC(=O)N1CC(=NOc2ccccc2)NC[C@@H](Cc2cc(Cl)ccc2OC)C1=O)c1ccc(C(=O)O)c(N)c1. The van der Waals surface area contributed by atoms with Crippen molar-refractivity contribution in [2.75, 3.05) is 25.9 Å². The second kappa shape index (κ2) is 13.7. The molecular weight excluding hydrogens is 562 g/mol. The molecule has 12 heteroatoms. The summed E-state index contributed by atoms with van der Waals surface area (Å²) in [6, 6.07) is 17.4. The lowest BCUT2D eigenvalue weighted by molar-refractivity contribution is -0.131. The molecule has 1 heterocycles. The van der Waals surface area contributed by atoms with Gasteiger partial charge in [-0.15, -0.1) is 0 Å². The van der Waals surface area contributed by atoms with Crippen LogP contribution in [0.15, 0.2) is 71.9 Å². The van der Waals surface area contributed by atoms with Crippen LogP contribution in [0.1, 0.15) is 40.9 Å². The van der Waals surface area contributed by atoms with Crippen molar-refractivity contribution in [3.05, 3.63) is 88.4 Å². The lowest BCUT2D eigenvalue weighted by Crippen LogP contribution is -2.48. The molecule has 0 aliphatic carbocycles. The van der Waals surface area contributed by atoms with Gasteiger partial charge in [0, 0.05) is 17.3 Å². The summed E-state index contributed by atoms with van der Waals surface area (Å²) in [6.07, 6.45) is 0.704. The Balaban J connectivity index is 1.61. The highest BCUT2D eigenvalue weighted by Gasteiger charge is 2.35.